The molecule has 0 radical (unpaired) electrons. The molecule has 0 saturated carbocycles. The molecular formula is C15H29IN4O3. The number of unbranched alkanes of at least 4 members (excludes halogenated alkanes) is 1. The van der Waals surface area contributed by atoms with Crippen LogP contribution in [0.3, 0.4) is 0 Å². The average Bonchev–Trinajstić information content (AvgIpc) is 2.49. The first-order valence-electron chi connectivity index (χ1n) is 7.95. The van der Waals surface area contributed by atoms with Gasteiger partial charge in [0.05, 0.1) is 23.1 Å². The summed E-state index contributed by atoms with van der Waals surface area (Å²) < 4.78 is -0.180. The first-order chi connectivity index (χ1) is 10.8. The van der Waals surface area contributed by atoms with Crippen molar-refractivity contribution in [2.75, 3.05) is 19.6 Å². The molecule has 134 valence electrons. The van der Waals surface area contributed by atoms with E-state index < -0.39 is 6.04 Å². The van der Waals surface area contributed by atoms with Gasteiger partial charge >= 0.3 is 0 Å². The van der Waals surface area contributed by atoms with Gasteiger partial charge in [0, 0.05) is 6.04 Å². The van der Waals surface area contributed by atoms with Gasteiger partial charge in [-0.05, 0) is 32.7 Å². The number of amides is 2. The molecule has 5 N–H and O–H groups in total. The number of carbonyl (C=O) groups is 3. The fraction of sp³-hybridized carbons (Fsp3) is 0.800. The van der Waals surface area contributed by atoms with Gasteiger partial charge in [0.1, 0.15) is 0 Å². The molecule has 0 aliphatic carbocycles. The van der Waals surface area contributed by atoms with Crippen LogP contribution in [0.1, 0.15) is 40.0 Å². The summed E-state index contributed by atoms with van der Waals surface area (Å²) in [6.07, 6.45) is 2.16. The number of alkyl halides is 1. The number of nitrogens with two attached hydrogens (primary N) is 1. The van der Waals surface area contributed by atoms with Crippen molar-refractivity contribution in [3.63, 3.8) is 0 Å². The minimum Gasteiger partial charge on any atom is -0.346 e. The number of halogens is 1. The van der Waals surface area contributed by atoms with Crippen LogP contribution >= 0.6 is 22.6 Å². The zero-order valence-electron chi connectivity index (χ0n) is 14.2. The third kappa shape index (κ3) is 11.4. The standard InChI is InChI=1S/C15H29IN4O3/c1-10(2)18-8-13(21)19-9-14(22)20-12(6-4-5-7-17)15(23)11(3)16/h10-12,18H,4-9,17H2,1-3H3,(H,19,21)(H,20,22)/t11?,12-/m0/s1. The summed E-state index contributed by atoms with van der Waals surface area (Å²) in [7, 11) is 0. The second-order valence-electron chi connectivity index (χ2n) is 5.74. The van der Waals surface area contributed by atoms with Gasteiger partial charge in [0.25, 0.3) is 0 Å². The molecule has 0 saturated heterocycles. The molecule has 0 aliphatic heterocycles. The fourth-order valence-electron chi connectivity index (χ4n) is 1.84. The van der Waals surface area contributed by atoms with E-state index in [1.807, 2.05) is 36.4 Å². The van der Waals surface area contributed by atoms with Gasteiger partial charge < -0.3 is 21.7 Å². The molecule has 7 nitrogen and oxygen atoms in total. The Kier molecular flexibility index (Phi) is 12.2. The van der Waals surface area contributed by atoms with E-state index in [0.717, 1.165) is 12.8 Å². The molecule has 0 bridgehead atoms. The van der Waals surface area contributed by atoms with E-state index in [4.69, 9.17) is 5.73 Å². The molecule has 8 heteroatoms. The quantitative estimate of drug-likeness (QED) is 0.196. The molecule has 23 heavy (non-hydrogen) atoms. The van der Waals surface area contributed by atoms with Crippen molar-refractivity contribution in [1.29, 1.82) is 0 Å². The smallest absolute Gasteiger partial charge is 0.239 e. The summed E-state index contributed by atoms with van der Waals surface area (Å²) in [6.45, 7) is 6.26. The van der Waals surface area contributed by atoms with Crippen molar-refractivity contribution in [1.82, 2.24) is 16.0 Å². The van der Waals surface area contributed by atoms with Crippen LogP contribution in [-0.2, 0) is 14.4 Å². The first-order valence-corrected chi connectivity index (χ1v) is 9.19. The molecule has 0 heterocycles. The largest absolute Gasteiger partial charge is 0.346 e. The number of Topliss-reactive ketones (excluding diaryl/α,β-unsaturated/α-hetero) is 1. The van der Waals surface area contributed by atoms with E-state index >= 15 is 0 Å². The number of ketones is 1. The van der Waals surface area contributed by atoms with Crippen LogP contribution in [0.15, 0.2) is 0 Å². The number of nitrogens with one attached hydrogen (secondary N) is 3. The molecule has 2 amide bonds. The lowest BCUT2D eigenvalue weighted by atomic mass is 10.0. The number of hydrogen-bond acceptors (Lipinski definition) is 5. The Balaban J connectivity index is 4.30. The Hall–Kier alpha value is -0.740. The number of carbonyl (C=O) groups excluding carboxylic acids is 3. The number of hydrogen-bond donors (Lipinski definition) is 4. The summed E-state index contributed by atoms with van der Waals surface area (Å²) in [5, 5.41) is 8.21. The van der Waals surface area contributed by atoms with E-state index in [0.29, 0.717) is 13.0 Å². The third-order valence-electron chi connectivity index (χ3n) is 3.13. The Morgan fingerprint density at radius 3 is 2.22 bits per heavy atom. The van der Waals surface area contributed by atoms with Gasteiger partial charge in [0.2, 0.25) is 11.8 Å². The van der Waals surface area contributed by atoms with Crippen molar-refractivity contribution in [3.05, 3.63) is 0 Å². The maximum atomic E-state index is 12.1. The van der Waals surface area contributed by atoms with Crippen molar-refractivity contribution in [3.8, 4) is 0 Å². The molecule has 2 atom stereocenters. The van der Waals surface area contributed by atoms with Crippen LogP contribution in [0.4, 0.5) is 0 Å². The maximum absolute atomic E-state index is 12.1. The lowest BCUT2D eigenvalue weighted by molar-refractivity contribution is -0.128. The minimum absolute atomic E-state index is 0.0104. The minimum atomic E-state index is -0.522. The lowest BCUT2D eigenvalue weighted by Gasteiger charge is -2.19. The maximum Gasteiger partial charge on any atom is 0.239 e. The van der Waals surface area contributed by atoms with Crippen molar-refractivity contribution in [2.45, 2.75) is 56.0 Å². The highest BCUT2D eigenvalue weighted by Crippen LogP contribution is 2.09. The second kappa shape index (κ2) is 12.7. The normalized spacial score (nSPS) is 13.5. The van der Waals surface area contributed by atoms with Gasteiger partial charge in [-0.2, -0.15) is 0 Å². The second-order valence-corrected chi connectivity index (χ2v) is 7.60. The summed E-state index contributed by atoms with van der Waals surface area (Å²) >= 11 is 2.04. The highest BCUT2D eigenvalue weighted by molar-refractivity contribution is 14.1. The van der Waals surface area contributed by atoms with Crippen LogP contribution in [0.5, 0.6) is 0 Å². The van der Waals surface area contributed by atoms with Crippen molar-refractivity contribution < 1.29 is 14.4 Å². The van der Waals surface area contributed by atoms with E-state index in [1.165, 1.54) is 0 Å². The van der Waals surface area contributed by atoms with Crippen LogP contribution in [0, 0.1) is 0 Å². The van der Waals surface area contributed by atoms with Gasteiger partial charge in [-0.15, -0.1) is 0 Å². The van der Waals surface area contributed by atoms with E-state index in [9.17, 15) is 14.4 Å². The van der Waals surface area contributed by atoms with Gasteiger partial charge in [-0.1, -0.05) is 36.4 Å². The monoisotopic (exact) mass is 440 g/mol. The highest BCUT2D eigenvalue weighted by Gasteiger charge is 2.23. The summed E-state index contributed by atoms with van der Waals surface area (Å²) in [4.78, 5) is 35.6. The molecular weight excluding hydrogens is 411 g/mol. The Bertz CT molecular complexity index is 389. The third-order valence-corrected chi connectivity index (χ3v) is 3.75. The van der Waals surface area contributed by atoms with Crippen LogP contribution in [0.25, 0.3) is 0 Å². The lowest BCUT2D eigenvalue weighted by Crippen LogP contribution is -2.48. The fourth-order valence-corrected chi connectivity index (χ4v) is 2.27. The SMILES string of the molecule is CC(C)NCC(=O)NCC(=O)N[C@@H](CCCCN)C(=O)C(C)I. The molecule has 0 spiro atoms. The van der Waals surface area contributed by atoms with Crippen molar-refractivity contribution in [2.24, 2.45) is 5.73 Å². The summed E-state index contributed by atoms with van der Waals surface area (Å²) in [6, 6.07) is -0.323. The summed E-state index contributed by atoms with van der Waals surface area (Å²) in [5.74, 6) is -0.614. The molecule has 0 aliphatic rings. The molecule has 0 aromatic rings. The Morgan fingerprint density at radius 1 is 1.04 bits per heavy atom. The Labute approximate surface area is 152 Å². The summed E-state index contributed by atoms with van der Waals surface area (Å²) in [5.41, 5.74) is 5.46. The van der Waals surface area contributed by atoms with Gasteiger partial charge in [0.15, 0.2) is 5.78 Å². The van der Waals surface area contributed by atoms with Crippen LogP contribution < -0.4 is 21.7 Å². The van der Waals surface area contributed by atoms with Gasteiger partial charge in [-0.25, -0.2) is 0 Å². The topological polar surface area (TPSA) is 113 Å². The van der Waals surface area contributed by atoms with Crippen LogP contribution in [0.2, 0.25) is 0 Å². The molecule has 1 unspecified atom stereocenters. The molecule has 0 rings (SSSR count). The predicted octanol–water partition coefficient (Wildman–Crippen LogP) is 0.107. The van der Waals surface area contributed by atoms with Crippen LogP contribution in [-0.4, -0.2) is 53.2 Å². The highest BCUT2D eigenvalue weighted by atomic mass is 127. The predicted molar refractivity (Wildman–Crippen MR) is 99.5 cm³/mol. The van der Waals surface area contributed by atoms with Crippen molar-refractivity contribution >= 4 is 40.2 Å². The molecule has 0 fully saturated rings. The first kappa shape index (κ1) is 22.3. The van der Waals surface area contributed by atoms with Gasteiger partial charge in [-0.3, -0.25) is 14.4 Å². The number of rotatable bonds is 12. The average molecular weight is 440 g/mol. The zero-order valence-corrected chi connectivity index (χ0v) is 16.3. The van der Waals surface area contributed by atoms with E-state index in [-0.39, 0.29) is 40.7 Å². The zero-order chi connectivity index (χ0) is 17.8. The Morgan fingerprint density at radius 2 is 1.70 bits per heavy atom. The molecule has 0 aromatic heterocycles. The van der Waals surface area contributed by atoms with E-state index in [1.54, 1.807) is 6.92 Å². The van der Waals surface area contributed by atoms with E-state index in [2.05, 4.69) is 16.0 Å². The molecule has 0 aromatic carbocycles.